The highest BCUT2D eigenvalue weighted by Crippen LogP contribution is 2.20. The van der Waals surface area contributed by atoms with Gasteiger partial charge in [-0.2, -0.15) is 0 Å². The van der Waals surface area contributed by atoms with Gasteiger partial charge in [0.1, 0.15) is 0 Å². The van der Waals surface area contributed by atoms with Gasteiger partial charge in [-0.05, 0) is 62.1 Å². The molecule has 0 aliphatic heterocycles. The summed E-state index contributed by atoms with van der Waals surface area (Å²) in [6.07, 6.45) is 5.54. The summed E-state index contributed by atoms with van der Waals surface area (Å²) in [5.74, 6) is 0.655. The van der Waals surface area contributed by atoms with Gasteiger partial charge in [0.25, 0.3) is 0 Å². The fourth-order valence-corrected chi connectivity index (χ4v) is 4.12. The second-order valence-corrected chi connectivity index (χ2v) is 8.52. The average molecular weight is 324 g/mol. The number of nitrogens with two attached hydrogens (primary N) is 1. The van der Waals surface area contributed by atoms with Gasteiger partial charge in [-0.25, -0.2) is 13.1 Å². The Morgan fingerprint density at radius 3 is 2.27 bits per heavy atom. The van der Waals surface area contributed by atoms with E-state index in [0.29, 0.717) is 10.8 Å². The Bertz CT molecular complexity index is 559. The van der Waals surface area contributed by atoms with Crippen molar-refractivity contribution in [2.75, 3.05) is 0 Å². The largest absolute Gasteiger partial charge is 0.328 e. The van der Waals surface area contributed by atoms with E-state index in [1.165, 1.54) is 5.56 Å². The molecule has 2 rings (SSSR count). The molecule has 124 valence electrons. The summed E-state index contributed by atoms with van der Waals surface area (Å²) in [5, 5.41) is 0. The lowest BCUT2D eigenvalue weighted by molar-refractivity contribution is 0.373. The molecule has 0 amide bonds. The van der Waals surface area contributed by atoms with Crippen molar-refractivity contribution in [3.05, 3.63) is 29.8 Å². The first kappa shape index (κ1) is 17.4. The fourth-order valence-electron chi connectivity index (χ4n) is 2.82. The second-order valence-electron chi connectivity index (χ2n) is 6.81. The summed E-state index contributed by atoms with van der Waals surface area (Å²) in [6, 6.07) is 7.52. The van der Waals surface area contributed by atoms with Gasteiger partial charge in [0, 0.05) is 12.1 Å². The molecule has 0 bridgehead atoms. The molecule has 1 fully saturated rings. The molecule has 0 heterocycles. The van der Waals surface area contributed by atoms with Crippen molar-refractivity contribution in [2.45, 2.75) is 69.4 Å². The summed E-state index contributed by atoms with van der Waals surface area (Å²) in [6.45, 7) is 4.39. The number of hydrogen-bond acceptors (Lipinski definition) is 3. The Hall–Kier alpha value is -0.910. The van der Waals surface area contributed by atoms with Crippen LogP contribution in [0.1, 0.15) is 51.5 Å². The van der Waals surface area contributed by atoms with Crippen LogP contribution >= 0.6 is 0 Å². The lowest BCUT2D eigenvalue weighted by Gasteiger charge is -2.26. The molecule has 0 spiro atoms. The first-order valence-electron chi connectivity index (χ1n) is 8.23. The minimum absolute atomic E-state index is 0.0189. The molecule has 0 atom stereocenters. The number of benzene rings is 1. The number of hydrogen-bond donors (Lipinski definition) is 2. The monoisotopic (exact) mass is 324 g/mol. The van der Waals surface area contributed by atoms with E-state index in [2.05, 4.69) is 18.6 Å². The van der Waals surface area contributed by atoms with Gasteiger partial charge in [-0.15, -0.1) is 0 Å². The summed E-state index contributed by atoms with van der Waals surface area (Å²) < 4.78 is 27.7. The van der Waals surface area contributed by atoms with Crippen molar-refractivity contribution in [3.8, 4) is 0 Å². The van der Waals surface area contributed by atoms with E-state index in [9.17, 15) is 8.42 Å². The van der Waals surface area contributed by atoms with Crippen LogP contribution in [-0.2, 0) is 16.4 Å². The van der Waals surface area contributed by atoms with Crippen LogP contribution in [0.2, 0.25) is 0 Å². The van der Waals surface area contributed by atoms with Crippen molar-refractivity contribution in [3.63, 3.8) is 0 Å². The molecule has 1 aromatic rings. The topological polar surface area (TPSA) is 72.2 Å². The normalized spacial score (nSPS) is 22.9. The predicted molar refractivity (Wildman–Crippen MR) is 90.2 cm³/mol. The minimum Gasteiger partial charge on any atom is -0.328 e. The third-order valence-corrected chi connectivity index (χ3v) is 5.87. The number of nitrogens with one attached hydrogen (secondary N) is 1. The van der Waals surface area contributed by atoms with Crippen molar-refractivity contribution < 1.29 is 8.42 Å². The standard InChI is InChI=1S/C17H28N2O2S/c1-13(2)3-4-14-5-11-17(12-6-14)22(20,21)19-16-9-7-15(18)8-10-16/h5-6,11-13,15-16,19H,3-4,7-10,18H2,1-2H3. The highest BCUT2D eigenvalue weighted by atomic mass is 32.2. The molecule has 4 nitrogen and oxygen atoms in total. The Morgan fingerprint density at radius 2 is 1.73 bits per heavy atom. The maximum Gasteiger partial charge on any atom is 0.240 e. The third-order valence-electron chi connectivity index (χ3n) is 4.34. The molecule has 0 radical (unpaired) electrons. The van der Waals surface area contributed by atoms with E-state index in [4.69, 9.17) is 5.73 Å². The molecule has 1 aromatic carbocycles. The minimum atomic E-state index is -3.42. The van der Waals surface area contributed by atoms with Crippen molar-refractivity contribution in [1.29, 1.82) is 0 Å². The molecular weight excluding hydrogens is 296 g/mol. The van der Waals surface area contributed by atoms with Crippen LogP contribution in [0.25, 0.3) is 0 Å². The van der Waals surface area contributed by atoms with Crippen molar-refractivity contribution >= 4 is 10.0 Å². The summed E-state index contributed by atoms with van der Waals surface area (Å²) in [7, 11) is -3.42. The van der Waals surface area contributed by atoms with E-state index < -0.39 is 10.0 Å². The molecule has 3 N–H and O–H groups in total. The first-order valence-corrected chi connectivity index (χ1v) is 9.72. The molecule has 0 saturated heterocycles. The fraction of sp³-hybridized carbons (Fsp3) is 0.647. The summed E-state index contributed by atoms with van der Waals surface area (Å²) >= 11 is 0. The van der Waals surface area contributed by atoms with E-state index in [1.807, 2.05) is 12.1 Å². The number of sulfonamides is 1. The number of rotatable bonds is 6. The van der Waals surface area contributed by atoms with Crippen LogP contribution in [-0.4, -0.2) is 20.5 Å². The zero-order valence-electron chi connectivity index (χ0n) is 13.6. The lowest BCUT2D eigenvalue weighted by atomic mass is 9.93. The Labute approximate surface area is 134 Å². The predicted octanol–water partition coefficient (Wildman–Crippen LogP) is 2.82. The van der Waals surface area contributed by atoms with Crippen LogP contribution in [0.5, 0.6) is 0 Å². The lowest BCUT2D eigenvalue weighted by Crippen LogP contribution is -2.40. The SMILES string of the molecule is CC(C)CCc1ccc(S(=O)(=O)NC2CCC(N)CC2)cc1. The molecule has 1 saturated carbocycles. The quantitative estimate of drug-likeness (QED) is 0.845. The molecular formula is C17H28N2O2S. The molecule has 0 unspecified atom stereocenters. The maximum atomic E-state index is 12.4. The Kier molecular flexibility index (Phi) is 6.01. The van der Waals surface area contributed by atoms with E-state index in [1.54, 1.807) is 12.1 Å². The van der Waals surface area contributed by atoms with E-state index in [-0.39, 0.29) is 12.1 Å². The van der Waals surface area contributed by atoms with Crippen LogP contribution in [0, 0.1) is 5.92 Å². The van der Waals surface area contributed by atoms with Gasteiger partial charge in [0.15, 0.2) is 0 Å². The molecule has 1 aliphatic carbocycles. The van der Waals surface area contributed by atoms with E-state index >= 15 is 0 Å². The number of aryl methyl sites for hydroxylation is 1. The van der Waals surface area contributed by atoms with Gasteiger partial charge < -0.3 is 5.73 Å². The van der Waals surface area contributed by atoms with Gasteiger partial charge in [-0.1, -0.05) is 26.0 Å². The molecule has 5 heteroatoms. The van der Waals surface area contributed by atoms with Crippen LogP contribution in [0.15, 0.2) is 29.2 Å². The van der Waals surface area contributed by atoms with Gasteiger partial charge in [0.05, 0.1) is 4.90 Å². The smallest absolute Gasteiger partial charge is 0.240 e. The highest BCUT2D eigenvalue weighted by Gasteiger charge is 2.24. The zero-order valence-corrected chi connectivity index (χ0v) is 14.4. The maximum absolute atomic E-state index is 12.4. The van der Waals surface area contributed by atoms with Crippen LogP contribution in [0.4, 0.5) is 0 Å². The van der Waals surface area contributed by atoms with E-state index in [0.717, 1.165) is 38.5 Å². The average Bonchev–Trinajstić information content (AvgIpc) is 2.48. The highest BCUT2D eigenvalue weighted by molar-refractivity contribution is 7.89. The Balaban J connectivity index is 1.97. The van der Waals surface area contributed by atoms with Gasteiger partial charge in [-0.3, -0.25) is 0 Å². The third kappa shape index (κ3) is 5.07. The van der Waals surface area contributed by atoms with Crippen LogP contribution in [0.3, 0.4) is 0 Å². The molecule has 0 aromatic heterocycles. The zero-order chi connectivity index (χ0) is 16.2. The van der Waals surface area contributed by atoms with Gasteiger partial charge >= 0.3 is 0 Å². The first-order chi connectivity index (χ1) is 10.4. The summed E-state index contributed by atoms with van der Waals surface area (Å²) in [4.78, 5) is 0.357. The molecule has 1 aliphatic rings. The molecule has 22 heavy (non-hydrogen) atoms. The van der Waals surface area contributed by atoms with Crippen LogP contribution < -0.4 is 10.5 Å². The second kappa shape index (κ2) is 7.57. The Morgan fingerprint density at radius 1 is 1.14 bits per heavy atom. The van der Waals surface area contributed by atoms with Crippen molar-refractivity contribution in [1.82, 2.24) is 4.72 Å². The van der Waals surface area contributed by atoms with Gasteiger partial charge in [0.2, 0.25) is 10.0 Å². The van der Waals surface area contributed by atoms with Crippen molar-refractivity contribution in [2.24, 2.45) is 11.7 Å². The summed E-state index contributed by atoms with van der Waals surface area (Å²) in [5.41, 5.74) is 7.05.